The number of piperidine rings is 1. The predicted molar refractivity (Wildman–Crippen MR) is 113 cm³/mol. The van der Waals surface area contributed by atoms with Crippen LogP contribution < -0.4 is 10.2 Å². The normalized spacial score (nSPS) is 25.0. The van der Waals surface area contributed by atoms with Crippen LogP contribution in [0.1, 0.15) is 42.5 Å². The summed E-state index contributed by atoms with van der Waals surface area (Å²) in [5.41, 5.74) is 1.58. The summed E-state index contributed by atoms with van der Waals surface area (Å²) in [5, 5.41) is 2.85. The third-order valence-corrected chi connectivity index (χ3v) is 7.36. The van der Waals surface area contributed by atoms with Crippen LogP contribution in [0.2, 0.25) is 0 Å². The maximum atomic E-state index is 13.4. The zero-order valence-corrected chi connectivity index (χ0v) is 17.9. The lowest BCUT2D eigenvalue weighted by Crippen LogP contribution is -2.52. The highest BCUT2D eigenvalue weighted by atomic mass is 19.4. The molecule has 1 aliphatic carbocycles. The Morgan fingerprint density at radius 1 is 1.06 bits per heavy atom. The van der Waals surface area contributed by atoms with E-state index in [2.05, 4.69) is 5.32 Å². The van der Waals surface area contributed by atoms with Crippen molar-refractivity contribution in [2.75, 3.05) is 49.6 Å². The summed E-state index contributed by atoms with van der Waals surface area (Å²) in [6.45, 7) is 2.76. The highest BCUT2D eigenvalue weighted by molar-refractivity contribution is 6.02. The molecule has 1 unspecified atom stereocenters. The minimum absolute atomic E-state index is 0.00201. The van der Waals surface area contributed by atoms with Gasteiger partial charge in [0.2, 0.25) is 5.91 Å². The number of anilines is 2. The number of benzene rings is 1. The fourth-order valence-corrected chi connectivity index (χ4v) is 4.92. The largest absolute Gasteiger partial charge is 0.393 e. The monoisotopic (exact) mass is 451 g/mol. The molecular weight excluding hydrogens is 423 g/mol. The molecule has 1 aromatic rings. The number of alkyl halides is 3. The summed E-state index contributed by atoms with van der Waals surface area (Å²) in [7, 11) is 0. The molecule has 1 spiro atoms. The van der Waals surface area contributed by atoms with E-state index in [1.807, 2.05) is 0 Å². The van der Waals surface area contributed by atoms with E-state index >= 15 is 0 Å². The van der Waals surface area contributed by atoms with Gasteiger partial charge in [-0.3, -0.25) is 9.59 Å². The van der Waals surface area contributed by atoms with Crippen LogP contribution in [-0.4, -0.2) is 62.3 Å². The summed E-state index contributed by atoms with van der Waals surface area (Å²) in [6.07, 6.45) is -0.788. The minimum Gasteiger partial charge on any atom is -0.380 e. The molecule has 9 heteroatoms. The lowest BCUT2D eigenvalue weighted by atomic mass is 9.77. The number of likely N-dealkylation sites (tertiary alicyclic amines) is 1. The number of carbonyl (C=O) groups excluding carboxylic acids is 2. The van der Waals surface area contributed by atoms with E-state index in [0.717, 1.165) is 38.9 Å². The van der Waals surface area contributed by atoms with Crippen molar-refractivity contribution in [3.63, 3.8) is 0 Å². The number of ether oxygens (including phenoxy) is 1. The second-order valence-electron chi connectivity index (χ2n) is 9.75. The first-order chi connectivity index (χ1) is 15.2. The summed E-state index contributed by atoms with van der Waals surface area (Å²) < 4.78 is 45.2. The van der Waals surface area contributed by atoms with Gasteiger partial charge in [0.1, 0.15) is 0 Å². The lowest BCUT2D eigenvalue weighted by Gasteiger charge is -2.47. The SMILES string of the molecule is O=C(Nc1ccc(C(=O)N2CCC3(CC2)COC3)c(N2CCC(C(F)(F)F)C2)c1)C1CC1. The molecule has 5 rings (SSSR count). The number of nitrogens with zero attached hydrogens (tertiary/aromatic N) is 2. The molecule has 3 saturated heterocycles. The second-order valence-corrected chi connectivity index (χ2v) is 9.75. The first-order valence-electron chi connectivity index (χ1n) is 11.4. The maximum Gasteiger partial charge on any atom is 0.393 e. The van der Waals surface area contributed by atoms with Gasteiger partial charge >= 0.3 is 6.18 Å². The quantitative estimate of drug-likeness (QED) is 0.759. The standard InChI is InChI=1S/C23H28F3N3O3/c24-23(25,26)16-5-8-29(12-16)19-11-17(27-20(30)15-1-2-15)3-4-18(19)21(31)28-9-6-22(7-10-28)13-32-14-22/h3-4,11,15-16H,1-2,5-10,12-14H2,(H,27,30). The minimum atomic E-state index is -4.26. The molecule has 0 bridgehead atoms. The lowest BCUT2D eigenvalue weighted by molar-refractivity contribution is -0.168. The van der Waals surface area contributed by atoms with Gasteiger partial charge in [-0.2, -0.15) is 13.2 Å². The van der Waals surface area contributed by atoms with E-state index in [0.29, 0.717) is 30.0 Å². The molecule has 1 saturated carbocycles. The molecule has 4 fully saturated rings. The molecule has 1 aromatic carbocycles. The van der Waals surface area contributed by atoms with E-state index in [4.69, 9.17) is 4.74 Å². The Hall–Kier alpha value is -2.29. The van der Waals surface area contributed by atoms with E-state index in [1.54, 1.807) is 28.0 Å². The number of halogens is 3. The molecule has 0 aromatic heterocycles. The van der Waals surface area contributed by atoms with Gasteiger partial charge in [-0.15, -0.1) is 0 Å². The molecule has 3 aliphatic heterocycles. The van der Waals surface area contributed by atoms with E-state index in [-0.39, 0.29) is 42.7 Å². The van der Waals surface area contributed by atoms with Gasteiger partial charge < -0.3 is 19.9 Å². The fourth-order valence-electron chi connectivity index (χ4n) is 4.92. The Balaban J connectivity index is 1.38. The highest BCUT2D eigenvalue weighted by Crippen LogP contribution is 2.41. The van der Waals surface area contributed by atoms with Crippen LogP contribution >= 0.6 is 0 Å². The Morgan fingerprint density at radius 3 is 2.34 bits per heavy atom. The Labute approximate surface area is 185 Å². The average molecular weight is 451 g/mol. The highest BCUT2D eigenvalue weighted by Gasteiger charge is 2.45. The maximum absolute atomic E-state index is 13.4. The molecular formula is C23H28F3N3O3. The Morgan fingerprint density at radius 2 is 1.78 bits per heavy atom. The van der Waals surface area contributed by atoms with Crippen molar-refractivity contribution in [3.8, 4) is 0 Å². The smallest absolute Gasteiger partial charge is 0.380 e. The third kappa shape index (κ3) is 4.19. The Kier molecular flexibility index (Phi) is 5.34. The van der Waals surface area contributed by atoms with Crippen molar-refractivity contribution in [3.05, 3.63) is 23.8 Å². The van der Waals surface area contributed by atoms with Gasteiger partial charge in [0.15, 0.2) is 0 Å². The zero-order valence-electron chi connectivity index (χ0n) is 17.9. The molecule has 3 heterocycles. The number of hydrogen-bond acceptors (Lipinski definition) is 4. The van der Waals surface area contributed by atoms with Gasteiger partial charge in [0.25, 0.3) is 5.91 Å². The van der Waals surface area contributed by atoms with Crippen LogP contribution in [0.15, 0.2) is 18.2 Å². The molecule has 32 heavy (non-hydrogen) atoms. The van der Waals surface area contributed by atoms with Crippen LogP contribution in [0.3, 0.4) is 0 Å². The molecule has 2 amide bonds. The van der Waals surface area contributed by atoms with Crippen LogP contribution in [0.25, 0.3) is 0 Å². The van der Waals surface area contributed by atoms with Gasteiger partial charge in [-0.05, 0) is 50.3 Å². The van der Waals surface area contributed by atoms with Crippen LogP contribution in [0, 0.1) is 17.3 Å². The van der Waals surface area contributed by atoms with Crippen molar-refractivity contribution in [1.29, 1.82) is 0 Å². The van der Waals surface area contributed by atoms with E-state index in [9.17, 15) is 22.8 Å². The third-order valence-electron chi connectivity index (χ3n) is 7.36. The number of nitrogens with one attached hydrogen (secondary N) is 1. The van der Waals surface area contributed by atoms with Gasteiger partial charge in [-0.1, -0.05) is 0 Å². The van der Waals surface area contributed by atoms with Crippen molar-refractivity contribution in [2.24, 2.45) is 17.3 Å². The van der Waals surface area contributed by atoms with Crippen molar-refractivity contribution in [2.45, 2.75) is 38.3 Å². The summed E-state index contributed by atoms with van der Waals surface area (Å²) in [5.74, 6) is -1.64. The van der Waals surface area contributed by atoms with Gasteiger partial charge in [0, 0.05) is 43.2 Å². The molecule has 1 N–H and O–H groups in total. The van der Waals surface area contributed by atoms with Crippen molar-refractivity contribution < 1.29 is 27.5 Å². The molecule has 1 atom stereocenters. The predicted octanol–water partition coefficient (Wildman–Crippen LogP) is 3.68. The average Bonchev–Trinajstić information content (AvgIpc) is 3.47. The number of carbonyl (C=O) groups is 2. The second kappa shape index (κ2) is 7.93. The van der Waals surface area contributed by atoms with Crippen molar-refractivity contribution >= 4 is 23.2 Å². The number of rotatable bonds is 4. The first-order valence-corrected chi connectivity index (χ1v) is 11.4. The van der Waals surface area contributed by atoms with Crippen LogP contribution in [-0.2, 0) is 9.53 Å². The molecule has 0 radical (unpaired) electrons. The number of hydrogen-bond donors (Lipinski definition) is 1. The van der Waals surface area contributed by atoms with Crippen molar-refractivity contribution in [1.82, 2.24) is 4.90 Å². The molecule has 6 nitrogen and oxygen atoms in total. The first kappa shape index (κ1) is 21.6. The molecule has 174 valence electrons. The summed E-state index contributed by atoms with van der Waals surface area (Å²) >= 11 is 0. The van der Waals surface area contributed by atoms with Crippen LogP contribution in [0.4, 0.5) is 24.5 Å². The summed E-state index contributed by atoms with van der Waals surface area (Å²) in [4.78, 5) is 29.0. The Bertz CT molecular complexity index is 901. The zero-order chi connectivity index (χ0) is 22.5. The van der Waals surface area contributed by atoms with E-state index < -0.39 is 12.1 Å². The molecule has 4 aliphatic rings. The fraction of sp³-hybridized carbons (Fsp3) is 0.652. The van der Waals surface area contributed by atoms with Gasteiger partial charge in [-0.25, -0.2) is 0 Å². The van der Waals surface area contributed by atoms with Crippen LogP contribution in [0.5, 0.6) is 0 Å². The topological polar surface area (TPSA) is 61.9 Å². The summed E-state index contributed by atoms with van der Waals surface area (Å²) in [6, 6.07) is 4.99. The van der Waals surface area contributed by atoms with E-state index in [1.165, 1.54) is 0 Å². The number of amides is 2. The van der Waals surface area contributed by atoms with Gasteiger partial charge in [0.05, 0.1) is 30.4 Å².